The van der Waals surface area contributed by atoms with Crippen molar-refractivity contribution in [2.75, 3.05) is 31.7 Å². The predicted molar refractivity (Wildman–Crippen MR) is 176 cm³/mol. The lowest BCUT2D eigenvalue weighted by Crippen LogP contribution is -2.46. The minimum atomic E-state index is -2.97. The summed E-state index contributed by atoms with van der Waals surface area (Å²) in [6.45, 7) is 8.69. The molecule has 45 heavy (non-hydrogen) atoms. The van der Waals surface area contributed by atoms with Gasteiger partial charge in [-0.2, -0.15) is 0 Å². The highest BCUT2D eigenvalue weighted by Gasteiger charge is 2.40. The minimum Gasteiger partial charge on any atom is -0.374 e. The Kier molecular flexibility index (Phi) is 11.2. The van der Waals surface area contributed by atoms with Crippen LogP contribution in [0.5, 0.6) is 0 Å². The molecule has 0 saturated carbocycles. The van der Waals surface area contributed by atoms with E-state index in [1.807, 2.05) is 76.2 Å². The van der Waals surface area contributed by atoms with Crippen molar-refractivity contribution < 1.29 is 27.9 Å². The van der Waals surface area contributed by atoms with Crippen LogP contribution in [0.1, 0.15) is 56.1 Å². The van der Waals surface area contributed by atoms with Gasteiger partial charge in [0, 0.05) is 44.5 Å². The van der Waals surface area contributed by atoms with Crippen LogP contribution in [0.3, 0.4) is 0 Å². The summed E-state index contributed by atoms with van der Waals surface area (Å²) in [5, 5.41) is 33.9. The number of hydrogen-bond donors (Lipinski definition) is 2. The van der Waals surface area contributed by atoms with E-state index in [1.54, 1.807) is 0 Å². The van der Waals surface area contributed by atoms with Gasteiger partial charge in [0.1, 0.15) is 0 Å². The van der Waals surface area contributed by atoms with Crippen molar-refractivity contribution in [2.24, 2.45) is 0 Å². The molecule has 0 aliphatic rings. The summed E-state index contributed by atoms with van der Waals surface area (Å²) in [6.07, 6.45) is 0.416. The van der Waals surface area contributed by atoms with Gasteiger partial charge in [0.25, 0.3) is 17.3 Å². The maximum absolute atomic E-state index is 13.5. The van der Waals surface area contributed by atoms with E-state index < -0.39 is 42.0 Å². The smallest absolute Gasteiger partial charge is 0.374 e. The van der Waals surface area contributed by atoms with Crippen molar-refractivity contribution in [2.45, 2.75) is 46.2 Å². The van der Waals surface area contributed by atoms with E-state index in [0.717, 1.165) is 39.2 Å². The summed E-state index contributed by atoms with van der Waals surface area (Å²) in [6, 6.07) is 19.7. The molecule has 12 nitrogen and oxygen atoms in total. The molecule has 0 fully saturated rings. The van der Waals surface area contributed by atoms with Gasteiger partial charge in [-0.1, -0.05) is 48.5 Å². The summed E-state index contributed by atoms with van der Waals surface area (Å²) in [5.74, 6) is -0.668. The molecule has 0 saturated heterocycles. The van der Waals surface area contributed by atoms with Gasteiger partial charge in [-0.3, -0.25) is 25.0 Å². The SMILES string of the molecule is CCO[Si](CCCNc1c([N+](=O)[O-])cc(C(=O)N[C@H](C)c2c3ccccc3cc3ccccc23)cc1[N+](=O)[O-])(OCC)OCC. The average molecular weight is 635 g/mol. The number of nitrogens with one attached hydrogen (secondary N) is 2. The minimum absolute atomic E-state index is 0.153. The Hall–Kier alpha value is -4.43. The monoisotopic (exact) mass is 634 g/mol. The van der Waals surface area contributed by atoms with Crippen LogP contribution in [0.15, 0.2) is 66.7 Å². The van der Waals surface area contributed by atoms with Crippen molar-refractivity contribution in [1.29, 1.82) is 0 Å². The van der Waals surface area contributed by atoms with Gasteiger partial charge >= 0.3 is 8.80 Å². The Morgan fingerprint density at radius 2 is 1.31 bits per heavy atom. The molecule has 0 aliphatic heterocycles. The first-order chi connectivity index (χ1) is 21.6. The van der Waals surface area contributed by atoms with E-state index in [0.29, 0.717) is 32.3 Å². The third kappa shape index (κ3) is 7.63. The molecular weight excluding hydrogens is 596 g/mol. The predicted octanol–water partition coefficient (Wildman–Crippen LogP) is 7.15. The highest BCUT2D eigenvalue weighted by Crippen LogP contribution is 2.37. The number of anilines is 1. The van der Waals surface area contributed by atoms with E-state index in [2.05, 4.69) is 16.7 Å². The van der Waals surface area contributed by atoms with Crippen molar-refractivity contribution in [1.82, 2.24) is 5.32 Å². The number of nitro groups is 2. The molecule has 2 N–H and O–H groups in total. The van der Waals surface area contributed by atoms with Gasteiger partial charge in [-0.15, -0.1) is 0 Å². The number of benzene rings is 4. The van der Waals surface area contributed by atoms with Crippen molar-refractivity contribution in [3.05, 3.63) is 98.1 Å². The fraction of sp³-hybridized carbons (Fsp3) is 0.344. The van der Waals surface area contributed by atoms with Gasteiger partial charge in [0.05, 0.1) is 21.5 Å². The Balaban J connectivity index is 1.61. The third-order valence-corrected chi connectivity index (χ3v) is 10.6. The summed E-state index contributed by atoms with van der Waals surface area (Å²) in [4.78, 5) is 36.3. The van der Waals surface area contributed by atoms with Gasteiger partial charge in [0.15, 0.2) is 5.69 Å². The summed E-state index contributed by atoms with van der Waals surface area (Å²) < 4.78 is 17.5. The van der Waals surface area contributed by atoms with Gasteiger partial charge in [-0.05, 0) is 67.3 Å². The number of nitro benzene ring substituents is 2. The number of nitrogens with zero attached hydrogens (tertiary/aromatic N) is 2. The molecule has 0 bridgehead atoms. The first kappa shape index (κ1) is 33.5. The standard InChI is InChI=1S/C32H38N4O8Si/c1-5-42-45(43-6-2,44-7-3)18-12-17-33-31-28(35(38)39)20-25(21-29(31)36(40)41)32(37)34-22(4)30-26-15-10-8-13-23(26)19-24-14-9-11-16-27(24)30/h8-11,13-16,19-22,33H,5-7,12,17-18H2,1-4H3,(H,34,37)/t22-/m1/s1. The number of amides is 1. The first-order valence-corrected chi connectivity index (χ1v) is 16.9. The van der Waals surface area contributed by atoms with Crippen LogP contribution in [0.25, 0.3) is 21.5 Å². The van der Waals surface area contributed by atoms with Crippen LogP contribution in [-0.4, -0.2) is 50.9 Å². The Labute approximate surface area is 262 Å². The number of carbonyl (C=O) groups excluding carboxylic acids is 1. The van der Waals surface area contributed by atoms with Gasteiger partial charge < -0.3 is 23.9 Å². The lowest BCUT2D eigenvalue weighted by Gasteiger charge is -2.28. The number of carbonyl (C=O) groups is 1. The largest absolute Gasteiger partial charge is 0.500 e. The Bertz CT molecular complexity index is 1590. The maximum Gasteiger partial charge on any atom is 0.500 e. The Morgan fingerprint density at radius 1 is 0.822 bits per heavy atom. The highest BCUT2D eigenvalue weighted by atomic mass is 28.4. The second kappa shape index (κ2) is 15.0. The molecular formula is C32H38N4O8Si. The van der Waals surface area contributed by atoms with E-state index in [4.69, 9.17) is 13.3 Å². The molecule has 0 aromatic heterocycles. The molecule has 4 aromatic rings. The quantitative estimate of drug-likeness (QED) is 0.0430. The van der Waals surface area contributed by atoms with Crippen molar-refractivity contribution in [3.63, 3.8) is 0 Å². The molecule has 0 unspecified atom stereocenters. The van der Waals surface area contributed by atoms with Crippen LogP contribution in [0.4, 0.5) is 17.1 Å². The molecule has 0 aliphatic carbocycles. The topological polar surface area (TPSA) is 155 Å². The van der Waals surface area contributed by atoms with Crippen molar-refractivity contribution >= 4 is 53.3 Å². The molecule has 13 heteroatoms. The van der Waals surface area contributed by atoms with E-state index in [-0.39, 0.29) is 17.8 Å². The molecule has 238 valence electrons. The third-order valence-electron chi connectivity index (χ3n) is 7.40. The molecule has 4 rings (SSSR count). The van der Waals surface area contributed by atoms with E-state index >= 15 is 0 Å². The summed E-state index contributed by atoms with van der Waals surface area (Å²) in [7, 11) is -2.97. The van der Waals surface area contributed by atoms with Crippen molar-refractivity contribution in [3.8, 4) is 0 Å². The number of rotatable bonds is 16. The molecule has 1 atom stereocenters. The maximum atomic E-state index is 13.5. The number of fused-ring (bicyclic) bond motifs is 2. The zero-order valence-electron chi connectivity index (χ0n) is 25.8. The molecule has 0 radical (unpaired) electrons. The zero-order chi connectivity index (χ0) is 32.6. The van der Waals surface area contributed by atoms with Crippen LogP contribution >= 0.6 is 0 Å². The van der Waals surface area contributed by atoms with Gasteiger partial charge in [0.2, 0.25) is 0 Å². The molecule has 0 heterocycles. The lowest BCUT2D eigenvalue weighted by atomic mass is 9.92. The van der Waals surface area contributed by atoms with Crippen LogP contribution < -0.4 is 10.6 Å². The lowest BCUT2D eigenvalue weighted by molar-refractivity contribution is -0.392. The normalized spacial score (nSPS) is 12.3. The summed E-state index contributed by atoms with van der Waals surface area (Å²) >= 11 is 0. The first-order valence-electron chi connectivity index (χ1n) is 15.0. The van der Waals surface area contributed by atoms with Gasteiger partial charge in [-0.25, -0.2) is 0 Å². The number of hydrogen-bond acceptors (Lipinski definition) is 9. The van der Waals surface area contributed by atoms with Crippen LogP contribution in [0, 0.1) is 20.2 Å². The fourth-order valence-corrected chi connectivity index (χ4v) is 8.21. The Morgan fingerprint density at radius 3 is 1.78 bits per heavy atom. The van der Waals surface area contributed by atoms with E-state index in [1.165, 1.54) is 0 Å². The fourth-order valence-electron chi connectivity index (χ4n) is 5.60. The second-order valence-electron chi connectivity index (χ2n) is 10.3. The highest BCUT2D eigenvalue weighted by molar-refractivity contribution is 6.60. The molecule has 4 aromatic carbocycles. The molecule has 1 amide bonds. The zero-order valence-corrected chi connectivity index (χ0v) is 26.8. The average Bonchev–Trinajstić information content (AvgIpc) is 3.01. The summed E-state index contributed by atoms with van der Waals surface area (Å²) in [5.41, 5.74) is -0.719. The van der Waals surface area contributed by atoms with Crippen LogP contribution in [-0.2, 0) is 13.3 Å². The van der Waals surface area contributed by atoms with Crippen LogP contribution in [0.2, 0.25) is 6.04 Å². The molecule has 0 spiro atoms. The second-order valence-corrected chi connectivity index (χ2v) is 13.1. The van der Waals surface area contributed by atoms with E-state index in [9.17, 15) is 25.0 Å².